The van der Waals surface area contributed by atoms with Gasteiger partial charge in [-0.15, -0.1) is 0 Å². The number of rotatable bonds is 7. The molecule has 0 unspecified atom stereocenters. The van der Waals surface area contributed by atoms with Crippen LogP contribution in [0.4, 0.5) is 4.39 Å². The molecule has 2 N–H and O–H groups in total. The van der Waals surface area contributed by atoms with Gasteiger partial charge in [-0.3, -0.25) is 19.3 Å². The third-order valence-electron chi connectivity index (χ3n) is 4.62. The fourth-order valence-corrected chi connectivity index (χ4v) is 3.57. The van der Waals surface area contributed by atoms with Gasteiger partial charge >= 0.3 is 6.17 Å². The Kier molecular flexibility index (Phi) is 6.97. The summed E-state index contributed by atoms with van der Waals surface area (Å²) in [6.45, 7) is 10.6. The Bertz CT molecular complexity index is 926. The van der Waals surface area contributed by atoms with E-state index in [1.807, 2.05) is 0 Å². The van der Waals surface area contributed by atoms with Crippen molar-refractivity contribution in [3.8, 4) is 0 Å². The average molecular weight is 424 g/mol. The highest BCUT2D eigenvalue weighted by atomic mass is 32.2. The minimum atomic E-state index is -3.42. The van der Waals surface area contributed by atoms with E-state index < -0.39 is 33.6 Å². The second kappa shape index (κ2) is 8.88. The summed E-state index contributed by atoms with van der Waals surface area (Å²) in [7, 11) is -3.42. The highest BCUT2D eigenvalue weighted by Gasteiger charge is 2.39. The first-order chi connectivity index (χ1) is 13.4. The van der Waals surface area contributed by atoms with Crippen LogP contribution >= 0.6 is 0 Å². The Morgan fingerprint density at radius 3 is 2.69 bits per heavy atom. The third-order valence-corrected chi connectivity index (χ3v) is 5.73. The van der Waals surface area contributed by atoms with Crippen molar-refractivity contribution in [3.63, 3.8) is 0 Å². The molecule has 29 heavy (non-hydrogen) atoms. The first kappa shape index (κ1) is 22.8. The van der Waals surface area contributed by atoms with Crippen LogP contribution in [0.25, 0.3) is 4.85 Å². The van der Waals surface area contributed by atoms with Crippen molar-refractivity contribution in [2.45, 2.75) is 43.0 Å². The van der Waals surface area contributed by atoms with E-state index in [9.17, 15) is 22.4 Å². The van der Waals surface area contributed by atoms with Crippen molar-refractivity contribution in [1.82, 2.24) is 15.5 Å². The van der Waals surface area contributed by atoms with Crippen LogP contribution in [-0.4, -0.2) is 68.9 Å². The maximum atomic E-state index is 13.5. The molecule has 2 amide bonds. The van der Waals surface area contributed by atoms with Gasteiger partial charge < -0.3 is 10.6 Å². The minimum Gasteiger partial charge on any atom is -0.350 e. The molecule has 1 aliphatic rings. The predicted molar refractivity (Wildman–Crippen MR) is 106 cm³/mol. The first-order valence-electron chi connectivity index (χ1n) is 9.06. The number of carbonyl (C=O) groups is 2. The number of amides is 2. The second-order valence-electron chi connectivity index (χ2n) is 7.71. The molecule has 2 atom stereocenters. The van der Waals surface area contributed by atoms with E-state index >= 15 is 0 Å². The number of likely N-dealkylation sites (tertiary alicyclic amines) is 1. The lowest BCUT2D eigenvalue weighted by Gasteiger charge is -2.27. The van der Waals surface area contributed by atoms with Gasteiger partial charge in [0.2, 0.25) is 5.91 Å². The largest absolute Gasteiger partial charge is 0.350 e. The fraction of sp³-hybridized carbons (Fsp3) is 0.526. The summed E-state index contributed by atoms with van der Waals surface area (Å²) in [5.74, 6) is -0.809. The topological polar surface area (TPSA) is 99.9 Å². The summed E-state index contributed by atoms with van der Waals surface area (Å²) < 4.78 is 36.7. The van der Waals surface area contributed by atoms with Gasteiger partial charge in [-0.1, -0.05) is 6.07 Å². The van der Waals surface area contributed by atoms with Gasteiger partial charge in [-0.25, -0.2) is 19.4 Å². The Hall–Kier alpha value is -2.51. The third kappa shape index (κ3) is 6.24. The Morgan fingerprint density at radius 1 is 1.38 bits per heavy atom. The standard InChI is InChI=1S/C19H25FN4O4S/c1-19(2,23-10-17(25)24-11-14(20)9-16(24)21-3)12-22-18(26)13-6-5-7-15(8-13)29(4,27)28/h5-8,14,16,23H,9-12H2,1-2,4H3,(H,22,26)/t14-,16-/m0/s1. The lowest BCUT2D eigenvalue weighted by Crippen LogP contribution is -2.52. The van der Waals surface area contributed by atoms with E-state index in [1.54, 1.807) is 13.8 Å². The highest BCUT2D eigenvalue weighted by Crippen LogP contribution is 2.21. The van der Waals surface area contributed by atoms with Crippen molar-refractivity contribution in [2.75, 3.05) is 25.9 Å². The summed E-state index contributed by atoms with van der Waals surface area (Å²) in [5, 5.41) is 5.72. The van der Waals surface area contributed by atoms with Gasteiger partial charge in [0, 0.05) is 23.9 Å². The molecule has 0 bridgehead atoms. The lowest BCUT2D eigenvalue weighted by molar-refractivity contribution is -0.130. The van der Waals surface area contributed by atoms with Crippen LogP contribution in [0.2, 0.25) is 0 Å². The van der Waals surface area contributed by atoms with Crippen molar-refractivity contribution in [2.24, 2.45) is 0 Å². The van der Waals surface area contributed by atoms with Crippen LogP contribution in [0, 0.1) is 6.57 Å². The lowest BCUT2D eigenvalue weighted by atomic mass is 10.1. The fourth-order valence-electron chi connectivity index (χ4n) is 2.91. The summed E-state index contributed by atoms with van der Waals surface area (Å²) in [6.07, 6.45) is -0.864. The molecule has 0 spiro atoms. The molecule has 2 rings (SSSR count). The normalized spacial score (nSPS) is 19.6. The van der Waals surface area contributed by atoms with Crippen LogP contribution in [0.15, 0.2) is 29.2 Å². The molecule has 1 aromatic rings. The molecule has 158 valence electrons. The number of alkyl halides is 1. The molecule has 0 radical (unpaired) electrons. The van der Waals surface area contributed by atoms with E-state index in [0.717, 1.165) is 6.26 Å². The number of carbonyl (C=O) groups excluding carboxylic acids is 2. The van der Waals surface area contributed by atoms with Crippen molar-refractivity contribution in [1.29, 1.82) is 0 Å². The molecule has 0 aliphatic carbocycles. The smallest absolute Gasteiger partial charge is 0.303 e. The molecular formula is C19H25FN4O4S. The van der Waals surface area contributed by atoms with Gasteiger partial charge in [-0.2, -0.15) is 0 Å². The number of hydrogen-bond acceptors (Lipinski definition) is 5. The van der Waals surface area contributed by atoms with E-state index in [-0.39, 0.29) is 42.4 Å². The highest BCUT2D eigenvalue weighted by molar-refractivity contribution is 7.90. The van der Waals surface area contributed by atoms with Gasteiger partial charge in [0.15, 0.2) is 9.84 Å². The molecular weight excluding hydrogens is 399 g/mol. The van der Waals surface area contributed by atoms with Crippen LogP contribution in [-0.2, 0) is 14.6 Å². The van der Waals surface area contributed by atoms with E-state index in [1.165, 1.54) is 29.2 Å². The SMILES string of the molecule is [C-]#[N+][C@@H]1C[C@H](F)CN1C(=O)CNC(C)(C)CNC(=O)c1cccc(S(C)(=O)=O)c1. The van der Waals surface area contributed by atoms with Gasteiger partial charge in [0.05, 0.1) is 24.4 Å². The van der Waals surface area contributed by atoms with Crippen molar-refractivity contribution < 1.29 is 22.4 Å². The van der Waals surface area contributed by atoms with E-state index in [0.29, 0.717) is 0 Å². The van der Waals surface area contributed by atoms with Crippen molar-refractivity contribution >= 4 is 21.7 Å². The Morgan fingerprint density at radius 2 is 2.07 bits per heavy atom. The zero-order valence-electron chi connectivity index (χ0n) is 16.6. The molecule has 1 saturated heterocycles. The number of benzene rings is 1. The average Bonchev–Trinajstić information content (AvgIpc) is 3.04. The quantitative estimate of drug-likeness (QED) is 0.637. The van der Waals surface area contributed by atoms with Crippen LogP contribution in [0.3, 0.4) is 0 Å². The minimum absolute atomic E-state index is 0.0290. The van der Waals surface area contributed by atoms with Crippen molar-refractivity contribution in [3.05, 3.63) is 41.2 Å². The molecule has 10 heteroatoms. The van der Waals surface area contributed by atoms with Crippen LogP contribution in [0.1, 0.15) is 30.6 Å². The summed E-state index contributed by atoms with van der Waals surface area (Å²) in [6, 6.07) is 5.73. The second-order valence-corrected chi connectivity index (χ2v) is 9.72. The van der Waals surface area contributed by atoms with Crippen LogP contribution < -0.4 is 10.6 Å². The number of halogens is 1. The van der Waals surface area contributed by atoms with Gasteiger partial charge in [-0.05, 0) is 32.0 Å². The van der Waals surface area contributed by atoms with Crippen LogP contribution in [0.5, 0.6) is 0 Å². The number of nitrogens with zero attached hydrogens (tertiary/aromatic N) is 2. The number of hydrogen-bond donors (Lipinski definition) is 2. The number of sulfone groups is 1. The molecule has 1 fully saturated rings. The Labute approximate surface area is 170 Å². The maximum Gasteiger partial charge on any atom is 0.303 e. The summed E-state index contributed by atoms with van der Waals surface area (Å²) in [4.78, 5) is 29.2. The van der Waals surface area contributed by atoms with E-state index in [4.69, 9.17) is 6.57 Å². The summed E-state index contributed by atoms with van der Waals surface area (Å²) >= 11 is 0. The first-order valence-corrected chi connectivity index (χ1v) is 11.0. The molecule has 1 aromatic carbocycles. The molecule has 8 nitrogen and oxygen atoms in total. The number of nitrogens with one attached hydrogen (secondary N) is 2. The summed E-state index contributed by atoms with van der Waals surface area (Å²) in [5.41, 5.74) is -0.451. The molecule has 0 saturated carbocycles. The molecule has 1 aliphatic heterocycles. The zero-order chi connectivity index (χ0) is 21.8. The van der Waals surface area contributed by atoms with Gasteiger partial charge in [0.1, 0.15) is 6.17 Å². The monoisotopic (exact) mass is 424 g/mol. The van der Waals surface area contributed by atoms with Gasteiger partial charge in [0.25, 0.3) is 5.91 Å². The zero-order valence-corrected chi connectivity index (χ0v) is 17.4. The maximum absolute atomic E-state index is 13.5. The predicted octanol–water partition coefficient (Wildman–Crippen LogP) is 1.00. The molecule has 1 heterocycles. The van der Waals surface area contributed by atoms with E-state index in [2.05, 4.69) is 15.5 Å². The Balaban J connectivity index is 1.90. The molecule has 0 aromatic heterocycles.